The van der Waals surface area contributed by atoms with Crippen LogP contribution in [0.2, 0.25) is 0 Å². The molecule has 3 nitrogen and oxygen atoms in total. The van der Waals surface area contributed by atoms with E-state index in [1.165, 1.54) is 44.3 Å². The maximum absolute atomic E-state index is 4.54. The van der Waals surface area contributed by atoms with Crippen LogP contribution in [-0.4, -0.2) is 22.1 Å². The fourth-order valence-electron chi connectivity index (χ4n) is 3.18. The van der Waals surface area contributed by atoms with Crippen molar-refractivity contribution in [1.29, 1.82) is 0 Å². The third kappa shape index (κ3) is 3.14. The molecule has 2 unspecified atom stereocenters. The second kappa shape index (κ2) is 6.93. The molecule has 3 heteroatoms. The molecule has 1 fully saturated rings. The van der Waals surface area contributed by atoms with Crippen LogP contribution in [0.5, 0.6) is 0 Å². The zero-order valence-electron chi connectivity index (χ0n) is 11.9. The van der Waals surface area contributed by atoms with E-state index in [2.05, 4.69) is 34.9 Å². The van der Waals surface area contributed by atoms with E-state index < -0.39 is 0 Å². The maximum Gasteiger partial charge on any atom is 0.108 e. The molecule has 18 heavy (non-hydrogen) atoms. The van der Waals surface area contributed by atoms with E-state index in [0.29, 0.717) is 12.1 Å². The Bertz CT molecular complexity index is 345. The molecule has 0 aromatic carbocycles. The molecule has 0 amide bonds. The number of likely N-dealkylation sites (N-methyl/N-ethyl adjacent to an activating group) is 1. The number of hydrogen-bond acceptors (Lipinski definition) is 2. The van der Waals surface area contributed by atoms with Crippen LogP contribution in [0.4, 0.5) is 0 Å². The van der Waals surface area contributed by atoms with E-state index in [0.717, 1.165) is 13.0 Å². The molecule has 102 valence electrons. The van der Waals surface area contributed by atoms with Crippen LogP contribution in [0.25, 0.3) is 0 Å². The minimum Gasteiger partial charge on any atom is -0.330 e. The van der Waals surface area contributed by atoms with Gasteiger partial charge in [0.05, 0.1) is 6.04 Å². The number of aromatic nitrogens is 2. The first kappa shape index (κ1) is 13.6. The second-order valence-electron chi connectivity index (χ2n) is 5.37. The van der Waals surface area contributed by atoms with Crippen LogP contribution in [0.1, 0.15) is 64.2 Å². The lowest BCUT2D eigenvalue weighted by Crippen LogP contribution is -2.37. The molecule has 2 atom stereocenters. The van der Waals surface area contributed by atoms with Crippen molar-refractivity contribution in [3.05, 3.63) is 18.2 Å². The van der Waals surface area contributed by atoms with Crippen LogP contribution in [0.3, 0.4) is 0 Å². The molecular weight excluding hydrogens is 222 g/mol. The predicted octanol–water partition coefficient (Wildman–Crippen LogP) is 3.32. The highest BCUT2D eigenvalue weighted by molar-refractivity contribution is 4.99. The second-order valence-corrected chi connectivity index (χ2v) is 5.37. The maximum atomic E-state index is 4.54. The van der Waals surface area contributed by atoms with Gasteiger partial charge < -0.3 is 9.88 Å². The summed E-state index contributed by atoms with van der Waals surface area (Å²) in [6.07, 6.45) is 13.1. The van der Waals surface area contributed by atoms with Crippen molar-refractivity contribution in [1.82, 2.24) is 14.9 Å². The van der Waals surface area contributed by atoms with Crippen molar-refractivity contribution in [2.45, 2.75) is 70.9 Å². The minimum atomic E-state index is 0.608. The fraction of sp³-hybridized carbons (Fsp3) is 0.800. The standard InChI is InChI=1S/C15H27N3/c1-3-8-15-17-11-12-18(15)14-10-7-5-6-9-13(14)16-4-2/h11-14,16H,3-10H2,1-2H3. The Morgan fingerprint density at radius 1 is 1.28 bits per heavy atom. The smallest absolute Gasteiger partial charge is 0.108 e. The summed E-state index contributed by atoms with van der Waals surface area (Å²) in [6, 6.07) is 1.24. The topological polar surface area (TPSA) is 29.9 Å². The zero-order valence-corrected chi connectivity index (χ0v) is 11.9. The summed E-state index contributed by atoms with van der Waals surface area (Å²) in [6.45, 7) is 5.51. The molecule has 1 aromatic rings. The van der Waals surface area contributed by atoms with Gasteiger partial charge in [-0.15, -0.1) is 0 Å². The number of nitrogens with one attached hydrogen (secondary N) is 1. The van der Waals surface area contributed by atoms with E-state index in [-0.39, 0.29) is 0 Å². The molecule has 0 bridgehead atoms. The summed E-state index contributed by atoms with van der Waals surface area (Å²) >= 11 is 0. The first-order valence-electron chi connectivity index (χ1n) is 7.61. The van der Waals surface area contributed by atoms with Gasteiger partial charge in [-0.05, 0) is 25.8 Å². The van der Waals surface area contributed by atoms with Crippen molar-refractivity contribution in [2.75, 3.05) is 6.54 Å². The molecule has 0 saturated heterocycles. The van der Waals surface area contributed by atoms with E-state index in [1.807, 2.05) is 6.20 Å². The average Bonchev–Trinajstić information content (AvgIpc) is 2.69. The Balaban J connectivity index is 2.17. The van der Waals surface area contributed by atoms with Gasteiger partial charge in [-0.25, -0.2) is 4.98 Å². The Morgan fingerprint density at radius 2 is 2.11 bits per heavy atom. The van der Waals surface area contributed by atoms with Gasteiger partial charge in [0, 0.05) is 24.9 Å². The van der Waals surface area contributed by atoms with Crippen molar-refractivity contribution in [2.24, 2.45) is 0 Å². The normalized spacial score (nSPS) is 25.0. The number of nitrogens with zero attached hydrogens (tertiary/aromatic N) is 2. The van der Waals surface area contributed by atoms with Gasteiger partial charge in [0.25, 0.3) is 0 Å². The lowest BCUT2D eigenvalue weighted by Gasteiger charge is -2.28. The van der Waals surface area contributed by atoms with Crippen LogP contribution >= 0.6 is 0 Å². The van der Waals surface area contributed by atoms with E-state index >= 15 is 0 Å². The lowest BCUT2D eigenvalue weighted by atomic mass is 10.0. The highest BCUT2D eigenvalue weighted by atomic mass is 15.1. The van der Waals surface area contributed by atoms with Gasteiger partial charge in [0.1, 0.15) is 5.82 Å². The molecule has 2 rings (SSSR count). The zero-order chi connectivity index (χ0) is 12.8. The number of imidazole rings is 1. The summed E-state index contributed by atoms with van der Waals surface area (Å²) in [4.78, 5) is 4.54. The van der Waals surface area contributed by atoms with E-state index in [4.69, 9.17) is 0 Å². The SMILES string of the molecule is CCCc1nccn1C1CCCCCC1NCC. The summed E-state index contributed by atoms with van der Waals surface area (Å²) in [5.41, 5.74) is 0. The van der Waals surface area contributed by atoms with Crippen molar-refractivity contribution < 1.29 is 0 Å². The summed E-state index contributed by atoms with van der Waals surface area (Å²) < 4.78 is 2.45. The van der Waals surface area contributed by atoms with Gasteiger partial charge in [0.15, 0.2) is 0 Å². The first-order valence-corrected chi connectivity index (χ1v) is 7.61. The van der Waals surface area contributed by atoms with E-state index in [1.54, 1.807) is 0 Å². The lowest BCUT2D eigenvalue weighted by molar-refractivity contribution is 0.328. The highest BCUT2D eigenvalue weighted by Gasteiger charge is 2.25. The third-order valence-electron chi connectivity index (χ3n) is 4.03. The third-order valence-corrected chi connectivity index (χ3v) is 4.03. The molecule has 0 spiro atoms. The average molecular weight is 249 g/mol. The molecular formula is C15H27N3. The molecule has 0 aliphatic heterocycles. The van der Waals surface area contributed by atoms with Crippen LogP contribution in [-0.2, 0) is 6.42 Å². The van der Waals surface area contributed by atoms with Crippen LogP contribution < -0.4 is 5.32 Å². The quantitative estimate of drug-likeness (QED) is 0.811. The van der Waals surface area contributed by atoms with Crippen LogP contribution in [0.15, 0.2) is 12.4 Å². The molecule has 0 radical (unpaired) electrons. The molecule has 1 aliphatic carbocycles. The monoisotopic (exact) mass is 249 g/mol. The van der Waals surface area contributed by atoms with Crippen molar-refractivity contribution in [3.8, 4) is 0 Å². The summed E-state index contributed by atoms with van der Waals surface area (Å²) in [5, 5.41) is 3.68. The van der Waals surface area contributed by atoms with Crippen LogP contribution in [0, 0.1) is 0 Å². The predicted molar refractivity (Wildman–Crippen MR) is 75.8 cm³/mol. The van der Waals surface area contributed by atoms with Crippen molar-refractivity contribution in [3.63, 3.8) is 0 Å². The summed E-state index contributed by atoms with van der Waals surface area (Å²) in [7, 11) is 0. The number of aryl methyl sites for hydroxylation is 1. The van der Waals surface area contributed by atoms with Gasteiger partial charge in [-0.3, -0.25) is 0 Å². The molecule has 1 N–H and O–H groups in total. The first-order chi connectivity index (χ1) is 8.86. The van der Waals surface area contributed by atoms with Gasteiger partial charge >= 0.3 is 0 Å². The molecule has 1 saturated carbocycles. The molecule has 1 aromatic heterocycles. The summed E-state index contributed by atoms with van der Waals surface area (Å²) in [5.74, 6) is 1.27. The molecule has 1 aliphatic rings. The number of hydrogen-bond donors (Lipinski definition) is 1. The highest BCUT2D eigenvalue weighted by Crippen LogP contribution is 2.28. The van der Waals surface area contributed by atoms with Gasteiger partial charge in [-0.2, -0.15) is 0 Å². The molecule has 1 heterocycles. The Labute approximate surface area is 111 Å². The Kier molecular flexibility index (Phi) is 5.24. The van der Waals surface area contributed by atoms with Crippen molar-refractivity contribution >= 4 is 0 Å². The minimum absolute atomic E-state index is 0.608. The number of rotatable bonds is 5. The Hall–Kier alpha value is -0.830. The Morgan fingerprint density at radius 3 is 2.89 bits per heavy atom. The largest absolute Gasteiger partial charge is 0.330 e. The van der Waals surface area contributed by atoms with Gasteiger partial charge in [0.2, 0.25) is 0 Å². The van der Waals surface area contributed by atoms with E-state index in [9.17, 15) is 0 Å². The fourth-order valence-corrected chi connectivity index (χ4v) is 3.18. The van der Waals surface area contributed by atoms with Gasteiger partial charge in [-0.1, -0.05) is 33.1 Å².